The van der Waals surface area contributed by atoms with E-state index in [2.05, 4.69) is 5.32 Å². The normalized spacial score (nSPS) is 10.2. The van der Waals surface area contributed by atoms with Gasteiger partial charge in [-0.15, -0.1) is 11.8 Å². The summed E-state index contributed by atoms with van der Waals surface area (Å²) in [5.74, 6) is -0.261. The molecule has 0 aromatic heterocycles. The van der Waals surface area contributed by atoms with Gasteiger partial charge in [-0.25, -0.2) is 4.39 Å². The molecule has 0 saturated heterocycles. The summed E-state index contributed by atoms with van der Waals surface area (Å²) in [7, 11) is 1.51. The van der Waals surface area contributed by atoms with Gasteiger partial charge >= 0.3 is 5.97 Å². The summed E-state index contributed by atoms with van der Waals surface area (Å²) in [5.41, 5.74) is 0.391. The maximum absolute atomic E-state index is 13.4. The van der Waals surface area contributed by atoms with Crippen molar-refractivity contribution in [2.24, 2.45) is 0 Å². The SMILES string of the molecule is COc1cccc(C(=O)NCC(=O)OCCSc2ccccc2F)c1. The van der Waals surface area contributed by atoms with Crippen LogP contribution < -0.4 is 10.1 Å². The Morgan fingerprint density at radius 2 is 1.96 bits per heavy atom. The summed E-state index contributed by atoms with van der Waals surface area (Å²) in [4.78, 5) is 24.1. The predicted molar refractivity (Wildman–Crippen MR) is 93.4 cm³/mol. The molecule has 0 saturated carbocycles. The fraction of sp³-hybridized carbons (Fsp3) is 0.222. The van der Waals surface area contributed by atoms with Gasteiger partial charge in [0.05, 0.1) is 7.11 Å². The first-order valence-electron chi connectivity index (χ1n) is 7.55. The molecule has 0 spiro atoms. The van der Waals surface area contributed by atoms with Crippen LogP contribution in [0.25, 0.3) is 0 Å². The van der Waals surface area contributed by atoms with Gasteiger partial charge in [0.1, 0.15) is 24.7 Å². The molecule has 132 valence electrons. The van der Waals surface area contributed by atoms with Gasteiger partial charge in [0, 0.05) is 16.2 Å². The minimum Gasteiger partial charge on any atom is -0.497 e. The van der Waals surface area contributed by atoms with E-state index in [4.69, 9.17) is 9.47 Å². The van der Waals surface area contributed by atoms with Crippen molar-refractivity contribution in [1.29, 1.82) is 0 Å². The number of carbonyl (C=O) groups excluding carboxylic acids is 2. The molecule has 5 nitrogen and oxygen atoms in total. The van der Waals surface area contributed by atoms with Crippen LogP contribution in [-0.4, -0.2) is 37.9 Å². The number of hydrogen-bond acceptors (Lipinski definition) is 5. The maximum Gasteiger partial charge on any atom is 0.325 e. The third kappa shape index (κ3) is 6.11. The van der Waals surface area contributed by atoms with Crippen LogP contribution in [-0.2, 0) is 9.53 Å². The first kappa shape index (κ1) is 18.8. The smallest absolute Gasteiger partial charge is 0.325 e. The highest BCUT2D eigenvalue weighted by Crippen LogP contribution is 2.20. The highest BCUT2D eigenvalue weighted by atomic mass is 32.2. The second-order valence-corrected chi connectivity index (χ2v) is 6.05. The Kier molecular flexibility index (Phi) is 7.28. The Bertz CT molecular complexity index is 739. The molecule has 7 heteroatoms. The number of nitrogens with one attached hydrogen (secondary N) is 1. The third-order valence-electron chi connectivity index (χ3n) is 3.17. The van der Waals surface area contributed by atoms with Crippen LogP contribution in [0.4, 0.5) is 4.39 Å². The van der Waals surface area contributed by atoms with Gasteiger partial charge in [0.15, 0.2) is 0 Å². The van der Waals surface area contributed by atoms with Crippen molar-refractivity contribution in [3.63, 3.8) is 0 Å². The van der Waals surface area contributed by atoms with Crippen molar-refractivity contribution < 1.29 is 23.5 Å². The van der Waals surface area contributed by atoms with Crippen molar-refractivity contribution in [3.05, 3.63) is 59.9 Å². The molecule has 1 N–H and O–H groups in total. The molecule has 0 bridgehead atoms. The fourth-order valence-corrected chi connectivity index (χ4v) is 2.71. The van der Waals surface area contributed by atoms with Crippen LogP contribution in [0, 0.1) is 5.82 Å². The molecule has 0 atom stereocenters. The van der Waals surface area contributed by atoms with Crippen LogP contribution >= 0.6 is 11.8 Å². The van der Waals surface area contributed by atoms with Gasteiger partial charge < -0.3 is 14.8 Å². The summed E-state index contributed by atoms with van der Waals surface area (Å²) in [6, 6.07) is 13.0. The molecular formula is C18H18FNO4S. The van der Waals surface area contributed by atoms with Crippen LogP contribution in [0.3, 0.4) is 0 Å². The number of ether oxygens (including phenoxy) is 2. The summed E-state index contributed by atoms with van der Waals surface area (Å²) in [6.45, 7) is -0.104. The van der Waals surface area contributed by atoms with Gasteiger partial charge in [-0.1, -0.05) is 18.2 Å². The Morgan fingerprint density at radius 1 is 1.16 bits per heavy atom. The molecule has 1 amide bonds. The molecule has 25 heavy (non-hydrogen) atoms. The number of esters is 1. The van der Waals surface area contributed by atoms with Gasteiger partial charge in [-0.2, -0.15) is 0 Å². The number of halogens is 1. The van der Waals surface area contributed by atoms with Crippen molar-refractivity contribution >= 4 is 23.6 Å². The minimum atomic E-state index is -0.551. The van der Waals surface area contributed by atoms with Crippen LogP contribution in [0.1, 0.15) is 10.4 Å². The molecule has 2 aromatic carbocycles. The summed E-state index contributed by atoms with van der Waals surface area (Å²) in [5, 5.41) is 2.48. The number of hydrogen-bond donors (Lipinski definition) is 1. The molecule has 0 aliphatic heterocycles. The quantitative estimate of drug-likeness (QED) is 0.444. The molecule has 2 rings (SSSR count). The average molecular weight is 363 g/mol. The maximum atomic E-state index is 13.4. The third-order valence-corrected chi connectivity index (χ3v) is 4.18. The van der Waals surface area contributed by atoms with E-state index >= 15 is 0 Å². The Labute approximate surface area is 149 Å². The van der Waals surface area contributed by atoms with Gasteiger partial charge in [0.25, 0.3) is 5.91 Å². The van der Waals surface area contributed by atoms with Crippen LogP contribution in [0.2, 0.25) is 0 Å². The lowest BCUT2D eigenvalue weighted by molar-refractivity contribution is -0.141. The Morgan fingerprint density at radius 3 is 2.72 bits per heavy atom. The second kappa shape index (κ2) is 9.68. The van der Waals surface area contributed by atoms with Gasteiger partial charge in [-0.3, -0.25) is 9.59 Å². The largest absolute Gasteiger partial charge is 0.497 e. The molecule has 0 fully saturated rings. The number of rotatable bonds is 8. The first-order chi connectivity index (χ1) is 12.1. The van der Waals surface area contributed by atoms with Crippen LogP contribution in [0.5, 0.6) is 5.75 Å². The second-order valence-electron chi connectivity index (χ2n) is 4.91. The molecule has 2 aromatic rings. The van der Waals surface area contributed by atoms with Crippen molar-refractivity contribution in [1.82, 2.24) is 5.32 Å². The molecule has 0 unspecified atom stereocenters. The lowest BCUT2D eigenvalue weighted by Gasteiger charge is -2.08. The average Bonchev–Trinajstić information content (AvgIpc) is 2.64. The molecular weight excluding hydrogens is 345 g/mol. The van der Waals surface area contributed by atoms with E-state index in [1.54, 1.807) is 42.5 Å². The van der Waals surface area contributed by atoms with Crippen LogP contribution in [0.15, 0.2) is 53.4 Å². The number of benzene rings is 2. The topological polar surface area (TPSA) is 64.6 Å². The minimum absolute atomic E-state index is 0.132. The standard InChI is InChI=1S/C18H18FNO4S/c1-23-14-6-4-5-13(11-14)18(22)20-12-17(21)24-9-10-25-16-8-3-2-7-15(16)19/h2-8,11H,9-10,12H2,1H3,(H,20,22). The van der Waals surface area contributed by atoms with E-state index < -0.39 is 11.9 Å². The molecule has 0 radical (unpaired) electrons. The zero-order valence-electron chi connectivity index (χ0n) is 13.7. The number of methoxy groups -OCH3 is 1. The zero-order chi connectivity index (χ0) is 18.1. The van der Waals surface area contributed by atoms with Gasteiger partial charge in [0.2, 0.25) is 0 Å². The fourth-order valence-electron chi connectivity index (χ4n) is 1.94. The Hall–Kier alpha value is -2.54. The number of carbonyl (C=O) groups is 2. The van der Waals surface area contributed by atoms with E-state index in [1.807, 2.05) is 0 Å². The van der Waals surface area contributed by atoms with E-state index in [1.165, 1.54) is 24.9 Å². The first-order valence-corrected chi connectivity index (χ1v) is 8.54. The summed E-state index contributed by atoms with van der Waals surface area (Å²) in [6.07, 6.45) is 0. The lowest BCUT2D eigenvalue weighted by atomic mass is 10.2. The van der Waals surface area contributed by atoms with E-state index in [0.717, 1.165) is 0 Å². The highest BCUT2D eigenvalue weighted by Gasteiger charge is 2.10. The zero-order valence-corrected chi connectivity index (χ0v) is 14.5. The van der Waals surface area contributed by atoms with Crippen molar-refractivity contribution in [2.45, 2.75) is 4.90 Å². The van der Waals surface area contributed by atoms with E-state index in [0.29, 0.717) is 22.0 Å². The molecule has 0 heterocycles. The summed E-state index contributed by atoms with van der Waals surface area (Å²) < 4.78 is 23.5. The number of thioether (sulfide) groups is 1. The summed E-state index contributed by atoms with van der Waals surface area (Å²) >= 11 is 1.26. The lowest BCUT2D eigenvalue weighted by Crippen LogP contribution is -2.30. The van der Waals surface area contributed by atoms with Crippen molar-refractivity contribution in [3.8, 4) is 5.75 Å². The van der Waals surface area contributed by atoms with Gasteiger partial charge in [-0.05, 0) is 30.3 Å². The number of amides is 1. The Balaban J connectivity index is 1.68. The van der Waals surface area contributed by atoms with Crippen molar-refractivity contribution in [2.75, 3.05) is 26.0 Å². The molecule has 0 aliphatic carbocycles. The van der Waals surface area contributed by atoms with E-state index in [-0.39, 0.29) is 19.0 Å². The van der Waals surface area contributed by atoms with E-state index in [9.17, 15) is 14.0 Å². The monoisotopic (exact) mass is 363 g/mol. The predicted octanol–water partition coefficient (Wildman–Crippen LogP) is 2.90. The molecule has 0 aliphatic rings. The highest BCUT2D eigenvalue weighted by molar-refractivity contribution is 7.99.